The lowest BCUT2D eigenvalue weighted by Crippen LogP contribution is -2.27. The minimum absolute atomic E-state index is 0.0977. The van der Waals surface area contributed by atoms with Crippen molar-refractivity contribution in [2.24, 2.45) is 0 Å². The molecule has 19 heavy (non-hydrogen) atoms. The lowest BCUT2D eigenvalue weighted by molar-refractivity contribution is -0.128. The second-order valence-electron chi connectivity index (χ2n) is 4.46. The van der Waals surface area contributed by atoms with E-state index in [9.17, 15) is 13.6 Å². The first-order valence-electron chi connectivity index (χ1n) is 6.03. The molecular weight excluding hydrogens is 254 g/mol. The summed E-state index contributed by atoms with van der Waals surface area (Å²) in [7, 11) is 0. The third-order valence-corrected chi connectivity index (χ3v) is 2.38. The van der Waals surface area contributed by atoms with E-state index in [1.54, 1.807) is 12.1 Å². The van der Waals surface area contributed by atoms with Crippen molar-refractivity contribution in [3.8, 4) is 5.75 Å². The van der Waals surface area contributed by atoms with Gasteiger partial charge in [0.05, 0.1) is 6.61 Å². The molecule has 0 heterocycles. The van der Waals surface area contributed by atoms with Crippen molar-refractivity contribution in [1.29, 1.82) is 0 Å². The fraction of sp³-hybridized carbons (Fsp3) is 0.500. The first-order chi connectivity index (χ1) is 8.89. The summed E-state index contributed by atoms with van der Waals surface area (Å²) in [6.45, 7) is 2.08. The normalized spacial score (nSPS) is 11.4. The molecule has 0 saturated carbocycles. The van der Waals surface area contributed by atoms with E-state index in [0.717, 1.165) is 5.56 Å². The SMILES string of the molecule is CC(=O)COCC(F)(F)CCOc1ccc(C)cc1. The van der Waals surface area contributed by atoms with E-state index in [2.05, 4.69) is 4.74 Å². The smallest absolute Gasteiger partial charge is 0.274 e. The van der Waals surface area contributed by atoms with Gasteiger partial charge in [0.1, 0.15) is 19.0 Å². The summed E-state index contributed by atoms with van der Waals surface area (Å²) in [5, 5.41) is 0. The van der Waals surface area contributed by atoms with Crippen LogP contribution in [0, 0.1) is 6.92 Å². The maximum atomic E-state index is 13.3. The first kappa shape index (κ1) is 15.6. The highest BCUT2D eigenvalue weighted by molar-refractivity contribution is 5.76. The number of ketones is 1. The Morgan fingerprint density at radius 2 is 1.89 bits per heavy atom. The molecule has 0 aliphatic rings. The molecule has 0 amide bonds. The van der Waals surface area contributed by atoms with Gasteiger partial charge in [0.15, 0.2) is 5.78 Å². The number of carbonyl (C=O) groups is 1. The van der Waals surface area contributed by atoms with Crippen LogP contribution in [0.4, 0.5) is 8.78 Å². The van der Waals surface area contributed by atoms with Gasteiger partial charge in [-0.15, -0.1) is 0 Å². The molecule has 1 rings (SSSR count). The van der Waals surface area contributed by atoms with Crippen LogP contribution in [0.1, 0.15) is 18.9 Å². The number of Topliss-reactive ketones (excluding diaryl/α,β-unsaturated/α-hetero) is 1. The molecule has 0 fully saturated rings. The minimum atomic E-state index is -2.99. The van der Waals surface area contributed by atoms with Gasteiger partial charge in [-0.1, -0.05) is 17.7 Å². The Morgan fingerprint density at radius 3 is 2.47 bits per heavy atom. The molecule has 0 aromatic heterocycles. The third kappa shape index (κ3) is 6.86. The lowest BCUT2D eigenvalue weighted by atomic mass is 10.2. The van der Waals surface area contributed by atoms with Gasteiger partial charge in [0, 0.05) is 6.42 Å². The van der Waals surface area contributed by atoms with Crippen LogP contribution in [0.25, 0.3) is 0 Å². The Hall–Kier alpha value is -1.49. The first-order valence-corrected chi connectivity index (χ1v) is 6.03. The molecule has 0 atom stereocenters. The predicted molar refractivity (Wildman–Crippen MR) is 67.7 cm³/mol. The number of halogens is 2. The molecule has 106 valence electrons. The second-order valence-corrected chi connectivity index (χ2v) is 4.46. The van der Waals surface area contributed by atoms with E-state index in [1.165, 1.54) is 6.92 Å². The van der Waals surface area contributed by atoms with Crippen LogP contribution < -0.4 is 4.74 Å². The van der Waals surface area contributed by atoms with Crippen molar-refractivity contribution in [2.45, 2.75) is 26.2 Å². The van der Waals surface area contributed by atoms with E-state index < -0.39 is 19.0 Å². The third-order valence-electron chi connectivity index (χ3n) is 2.38. The minimum Gasteiger partial charge on any atom is -0.493 e. The van der Waals surface area contributed by atoms with E-state index in [-0.39, 0.29) is 19.0 Å². The van der Waals surface area contributed by atoms with Gasteiger partial charge in [0.25, 0.3) is 5.92 Å². The highest BCUT2D eigenvalue weighted by atomic mass is 19.3. The molecular formula is C14H18F2O3. The summed E-state index contributed by atoms with van der Waals surface area (Å²) in [4.78, 5) is 10.6. The maximum absolute atomic E-state index is 13.3. The van der Waals surface area contributed by atoms with Gasteiger partial charge in [0.2, 0.25) is 0 Å². The van der Waals surface area contributed by atoms with Crippen molar-refractivity contribution in [1.82, 2.24) is 0 Å². The summed E-state index contributed by atoms with van der Waals surface area (Å²) in [5.41, 5.74) is 1.08. The number of alkyl halides is 2. The van der Waals surface area contributed by atoms with Crippen LogP contribution in [-0.4, -0.2) is 31.5 Å². The number of ether oxygens (including phenoxy) is 2. The zero-order chi connectivity index (χ0) is 14.3. The van der Waals surface area contributed by atoms with Crippen molar-refractivity contribution in [2.75, 3.05) is 19.8 Å². The number of aryl methyl sites for hydroxylation is 1. The van der Waals surface area contributed by atoms with Crippen LogP contribution in [-0.2, 0) is 9.53 Å². The van der Waals surface area contributed by atoms with E-state index in [4.69, 9.17) is 4.74 Å². The molecule has 0 saturated heterocycles. The molecule has 5 heteroatoms. The highest BCUT2D eigenvalue weighted by Gasteiger charge is 2.29. The molecule has 1 aromatic carbocycles. The molecule has 0 N–H and O–H groups in total. The standard InChI is InChI=1S/C14H18F2O3/c1-11-3-5-13(6-4-11)19-8-7-14(15,16)10-18-9-12(2)17/h3-6H,7-10H2,1-2H3. The highest BCUT2D eigenvalue weighted by Crippen LogP contribution is 2.20. The van der Waals surface area contributed by atoms with Crippen molar-refractivity contribution < 1.29 is 23.0 Å². The number of hydrogen-bond donors (Lipinski definition) is 0. The number of rotatable bonds is 8. The topological polar surface area (TPSA) is 35.5 Å². The van der Waals surface area contributed by atoms with Crippen LogP contribution in [0.5, 0.6) is 5.75 Å². The van der Waals surface area contributed by atoms with Crippen LogP contribution in [0.15, 0.2) is 24.3 Å². The van der Waals surface area contributed by atoms with Gasteiger partial charge >= 0.3 is 0 Å². The number of benzene rings is 1. The monoisotopic (exact) mass is 272 g/mol. The number of carbonyl (C=O) groups excluding carboxylic acids is 1. The van der Waals surface area contributed by atoms with Crippen LogP contribution in [0.2, 0.25) is 0 Å². The average Bonchev–Trinajstić information content (AvgIpc) is 2.30. The fourth-order valence-corrected chi connectivity index (χ4v) is 1.37. The second kappa shape index (κ2) is 7.19. The van der Waals surface area contributed by atoms with Gasteiger partial charge in [-0.05, 0) is 26.0 Å². The molecule has 3 nitrogen and oxygen atoms in total. The Kier molecular flexibility index (Phi) is 5.89. The van der Waals surface area contributed by atoms with E-state index in [0.29, 0.717) is 5.75 Å². The Balaban J connectivity index is 2.26. The van der Waals surface area contributed by atoms with Crippen molar-refractivity contribution in [3.63, 3.8) is 0 Å². The van der Waals surface area contributed by atoms with Gasteiger partial charge in [-0.3, -0.25) is 4.79 Å². The zero-order valence-corrected chi connectivity index (χ0v) is 11.1. The molecule has 1 aromatic rings. The van der Waals surface area contributed by atoms with Crippen molar-refractivity contribution >= 4 is 5.78 Å². The largest absolute Gasteiger partial charge is 0.493 e. The van der Waals surface area contributed by atoms with E-state index in [1.807, 2.05) is 19.1 Å². The molecule has 0 aliphatic carbocycles. The summed E-state index contributed by atoms with van der Waals surface area (Å²) in [6, 6.07) is 7.17. The molecule has 0 bridgehead atoms. The summed E-state index contributed by atoms with van der Waals surface area (Å²) >= 11 is 0. The zero-order valence-electron chi connectivity index (χ0n) is 11.1. The summed E-state index contributed by atoms with van der Waals surface area (Å²) in [6.07, 6.45) is -0.446. The fourth-order valence-electron chi connectivity index (χ4n) is 1.37. The molecule has 0 unspecified atom stereocenters. The van der Waals surface area contributed by atoms with Gasteiger partial charge in [-0.2, -0.15) is 0 Å². The maximum Gasteiger partial charge on any atom is 0.274 e. The Morgan fingerprint density at radius 1 is 1.26 bits per heavy atom. The summed E-state index contributed by atoms with van der Waals surface area (Å²) < 4.78 is 36.5. The quantitative estimate of drug-likeness (QED) is 0.729. The van der Waals surface area contributed by atoms with Crippen LogP contribution >= 0.6 is 0 Å². The van der Waals surface area contributed by atoms with Crippen molar-refractivity contribution in [3.05, 3.63) is 29.8 Å². The van der Waals surface area contributed by atoms with E-state index >= 15 is 0 Å². The lowest BCUT2D eigenvalue weighted by Gasteiger charge is -2.16. The van der Waals surface area contributed by atoms with Gasteiger partial charge < -0.3 is 9.47 Å². The number of hydrogen-bond acceptors (Lipinski definition) is 3. The Labute approximate surface area is 111 Å². The molecule has 0 spiro atoms. The predicted octanol–water partition coefficient (Wildman–Crippen LogP) is 3.00. The van der Waals surface area contributed by atoms with Gasteiger partial charge in [-0.25, -0.2) is 8.78 Å². The molecule has 0 radical (unpaired) electrons. The van der Waals surface area contributed by atoms with Crippen LogP contribution in [0.3, 0.4) is 0 Å². The average molecular weight is 272 g/mol. The Bertz CT molecular complexity index is 402. The molecule has 0 aliphatic heterocycles. The summed E-state index contributed by atoms with van der Waals surface area (Å²) in [5.74, 6) is -2.70.